The second kappa shape index (κ2) is 8.92. The summed E-state index contributed by atoms with van der Waals surface area (Å²) < 4.78 is 5.63. The molecule has 1 atom stereocenters. The van der Waals surface area contributed by atoms with Gasteiger partial charge in [0.25, 0.3) is 5.91 Å². The summed E-state index contributed by atoms with van der Waals surface area (Å²) in [7, 11) is 0. The molecule has 0 aliphatic rings. The van der Waals surface area contributed by atoms with E-state index in [0.717, 1.165) is 17.8 Å². The van der Waals surface area contributed by atoms with Crippen molar-refractivity contribution in [1.82, 2.24) is 5.32 Å². The van der Waals surface area contributed by atoms with Crippen molar-refractivity contribution in [1.29, 1.82) is 0 Å². The van der Waals surface area contributed by atoms with Crippen molar-refractivity contribution < 1.29 is 9.53 Å². The maximum atomic E-state index is 12.4. The van der Waals surface area contributed by atoms with Crippen LogP contribution in [-0.4, -0.2) is 18.6 Å². The van der Waals surface area contributed by atoms with E-state index in [4.69, 9.17) is 27.9 Å². The van der Waals surface area contributed by atoms with Crippen molar-refractivity contribution in [3.63, 3.8) is 0 Å². The van der Waals surface area contributed by atoms with Gasteiger partial charge in [-0.05, 0) is 43.3 Å². The molecule has 0 spiro atoms. The number of halogens is 2. The maximum absolute atomic E-state index is 12.4. The van der Waals surface area contributed by atoms with Crippen LogP contribution in [0.2, 0.25) is 10.0 Å². The van der Waals surface area contributed by atoms with E-state index in [1.54, 1.807) is 25.1 Å². The average molecular weight is 367 g/mol. The molecule has 1 amide bonds. The minimum atomic E-state index is -0.688. The topological polar surface area (TPSA) is 50.4 Å². The van der Waals surface area contributed by atoms with E-state index in [-0.39, 0.29) is 5.91 Å². The molecule has 2 aromatic rings. The number of carbonyl (C=O) groups excluding carboxylic acids is 1. The van der Waals surface area contributed by atoms with Crippen molar-refractivity contribution in [2.75, 3.05) is 11.9 Å². The third-order valence-corrected chi connectivity index (χ3v) is 3.80. The molecule has 2 N–H and O–H groups in total. The molecule has 2 rings (SSSR count). The molecule has 2 aromatic carbocycles. The van der Waals surface area contributed by atoms with Gasteiger partial charge in [-0.3, -0.25) is 4.79 Å². The molecule has 0 bridgehead atoms. The summed E-state index contributed by atoms with van der Waals surface area (Å²) in [6, 6.07) is 12.5. The van der Waals surface area contributed by atoms with Crippen LogP contribution in [0.25, 0.3) is 0 Å². The van der Waals surface area contributed by atoms with Gasteiger partial charge >= 0.3 is 0 Å². The van der Waals surface area contributed by atoms with Gasteiger partial charge in [-0.1, -0.05) is 48.3 Å². The van der Waals surface area contributed by atoms with Gasteiger partial charge in [0, 0.05) is 22.3 Å². The van der Waals surface area contributed by atoms with Crippen LogP contribution < -0.4 is 15.4 Å². The standard InChI is InChI=1S/C18H20Cl2N2O2/c1-3-21-11-13-6-4-5-7-17(13)22-18(23)12(2)24-16-9-14(19)8-15(20)10-16/h4-10,12,21H,3,11H2,1-2H3,(H,22,23). The predicted octanol–water partition coefficient (Wildman–Crippen LogP) is 4.51. The van der Waals surface area contributed by atoms with Crippen molar-refractivity contribution >= 4 is 34.8 Å². The van der Waals surface area contributed by atoms with E-state index >= 15 is 0 Å². The largest absolute Gasteiger partial charge is 0.481 e. The third-order valence-electron chi connectivity index (χ3n) is 3.36. The van der Waals surface area contributed by atoms with E-state index < -0.39 is 6.10 Å². The van der Waals surface area contributed by atoms with Gasteiger partial charge in [0.15, 0.2) is 6.10 Å². The Morgan fingerprint density at radius 3 is 2.50 bits per heavy atom. The van der Waals surface area contributed by atoms with Gasteiger partial charge in [-0.2, -0.15) is 0 Å². The van der Waals surface area contributed by atoms with Crippen LogP contribution in [0.15, 0.2) is 42.5 Å². The Bertz CT molecular complexity index is 687. The lowest BCUT2D eigenvalue weighted by Gasteiger charge is -2.17. The second-order valence-electron chi connectivity index (χ2n) is 5.29. The predicted molar refractivity (Wildman–Crippen MR) is 99.0 cm³/mol. The number of anilines is 1. The van der Waals surface area contributed by atoms with Crippen LogP contribution >= 0.6 is 23.2 Å². The average Bonchev–Trinajstić information content (AvgIpc) is 2.53. The van der Waals surface area contributed by atoms with Crippen LogP contribution in [0.1, 0.15) is 19.4 Å². The summed E-state index contributed by atoms with van der Waals surface area (Å²) in [6.07, 6.45) is -0.688. The molecule has 0 saturated heterocycles. The number of carbonyl (C=O) groups is 1. The van der Waals surface area contributed by atoms with E-state index in [0.29, 0.717) is 22.3 Å². The number of benzene rings is 2. The van der Waals surface area contributed by atoms with E-state index in [1.165, 1.54) is 0 Å². The lowest BCUT2D eigenvalue weighted by molar-refractivity contribution is -0.122. The SMILES string of the molecule is CCNCc1ccccc1NC(=O)C(C)Oc1cc(Cl)cc(Cl)c1. The van der Waals surface area contributed by atoms with Crippen molar-refractivity contribution in [2.45, 2.75) is 26.5 Å². The van der Waals surface area contributed by atoms with Gasteiger partial charge in [0.2, 0.25) is 0 Å². The van der Waals surface area contributed by atoms with Crippen molar-refractivity contribution in [3.8, 4) is 5.75 Å². The van der Waals surface area contributed by atoms with Gasteiger partial charge in [0.05, 0.1) is 0 Å². The lowest BCUT2D eigenvalue weighted by Crippen LogP contribution is -2.30. The first-order valence-corrected chi connectivity index (χ1v) is 8.47. The molecular formula is C18H20Cl2N2O2. The summed E-state index contributed by atoms with van der Waals surface area (Å²) in [5.41, 5.74) is 1.79. The van der Waals surface area contributed by atoms with Gasteiger partial charge < -0.3 is 15.4 Å². The number of nitrogens with one attached hydrogen (secondary N) is 2. The molecule has 0 radical (unpaired) electrons. The smallest absolute Gasteiger partial charge is 0.265 e. The number of hydrogen-bond donors (Lipinski definition) is 2. The molecule has 4 nitrogen and oxygen atoms in total. The summed E-state index contributed by atoms with van der Waals surface area (Å²) in [5.74, 6) is 0.214. The van der Waals surface area contributed by atoms with Gasteiger partial charge in [-0.15, -0.1) is 0 Å². The normalized spacial score (nSPS) is 11.8. The fourth-order valence-corrected chi connectivity index (χ4v) is 2.65. The molecule has 128 valence electrons. The maximum Gasteiger partial charge on any atom is 0.265 e. The molecule has 0 aliphatic carbocycles. The highest BCUT2D eigenvalue weighted by Crippen LogP contribution is 2.25. The van der Waals surface area contributed by atoms with Crippen molar-refractivity contribution in [2.24, 2.45) is 0 Å². The van der Waals surface area contributed by atoms with E-state index in [2.05, 4.69) is 10.6 Å². The summed E-state index contributed by atoms with van der Waals surface area (Å²) in [5, 5.41) is 7.07. The highest BCUT2D eigenvalue weighted by Gasteiger charge is 2.16. The summed E-state index contributed by atoms with van der Waals surface area (Å²) in [6.45, 7) is 5.26. The number of hydrogen-bond acceptors (Lipinski definition) is 3. The number of rotatable bonds is 7. The Labute approximate surface area is 152 Å². The molecule has 0 saturated carbocycles. The molecule has 1 unspecified atom stereocenters. The fourth-order valence-electron chi connectivity index (χ4n) is 2.14. The molecule has 24 heavy (non-hydrogen) atoms. The Kier molecular flexibility index (Phi) is 6.91. The van der Waals surface area contributed by atoms with Crippen LogP contribution in [0.5, 0.6) is 5.75 Å². The molecule has 6 heteroatoms. The number of ether oxygens (including phenoxy) is 1. The molecule has 0 aromatic heterocycles. The minimum absolute atomic E-state index is 0.241. The zero-order valence-electron chi connectivity index (χ0n) is 13.6. The fraction of sp³-hybridized carbons (Fsp3) is 0.278. The Morgan fingerprint density at radius 2 is 1.83 bits per heavy atom. The summed E-state index contributed by atoms with van der Waals surface area (Å²) in [4.78, 5) is 12.4. The third kappa shape index (κ3) is 5.41. The van der Waals surface area contributed by atoms with Gasteiger partial charge in [-0.25, -0.2) is 0 Å². The van der Waals surface area contributed by atoms with Crippen LogP contribution in [0.3, 0.4) is 0 Å². The minimum Gasteiger partial charge on any atom is -0.481 e. The van der Waals surface area contributed by atoms with Crippen LogP contribution in [0.4, 0.5) is 5.69 Å². The molecule has 0 heterocycles. The highest BCUT2D eigenvalue weighted by molar-refractivity contribution is 6.34. The van der Waals surface area contributed by atoms with Crippen LogP contribution in [0, 0.1) is 0 Å². The first-order valence-electron chi connectivity index (χ1n) is 7.72. The lowest BCUT2D eigenvalue weighted by atomic mass is 10.1. The number of amides is 1. The first-order chi connectivity index (χ1) is 11.5. The Balaban J connectivity index is 2.04. The van der Waals surface area contributed by atoms with Gasteiger partial charge in [0.1, 0.15) is 5.75 Å². The molecule has 0 aliphatic heterocycles. The Morgan fingerprint density at radius 1 is 1.17 bits per heavy atom. The Hall–Kier alpha value is -1.75. The zero-order valence-corrected chi connectivity index (χ0v) is 15.1. The highest BCUT2D eigenvalue weighted by atomic mass is 35.5. The quantitative estimate of drug-likeness (QED) is 0.757. The molecular weight excluding hydrogens is 347 g/mol. The van der Waals surface area contributed by atoms with E-state index in [1.807, 2.05) is 31.2 Å². The number of para-hydroxylation sites is 1. The summed E-state index contributed by atoms with van der Waals surface area (Å²) >= 11 is 11.9. The van der Waals surface area contributed by atoms with Crippen LogP contribution in [-0.2, 0) is 11.3 Å². The molecule has 0 fully saturated rings. The zero-order chi connectivity index (χ0) is 17.5. The first kappa shape index (κ1) is 18.6. The van der Waals surface area contributed by atoms with Crippen molar-refractivity contribution in [3.05, 3.63) is 58.1 Å². The second-order valence-corrected chi connectivity index (χ2v) is 6.16. The van der Waals surface area contributed by atoms with E-state index in [9.17, 15) is 4.79 Å². The monoisotopic (exact) mass is 366 g/mol.